The van der Waals surface area contributed by atoms with Gasteiger partial charge in [0.1, 0.15) is 30.5 Å². The summed E-state index contributed by atoms with van der Waals surface area (Å²) < 4.78 is 11.4. The third kappa shape index (κ3) is 5.46. The molecule has 0 aliphatic carbocycles. The van der Waals surface area contributed by atoms with Crippen molar-refractivity contribution in [3.8, 4) is 0 Å². The molecule has 0 saturated carbocycles. The number of H-pyrrole nitrogens is 1. The van der Waals surface area contributed by atoms with Gasteiger partial charge in [-0.15, -0.1) is 6.58 Å². The third-order valence-electron chi connectivity index (χ3n) is 8.47. The van der Waals surface area contributed by atoms with Crippen molar-refractivity contribution in [2.75, 3.05) is 25.2 Å². The molecule has 3 heterocycles. The number of rotatable bonds is 8. The predicted molar refractivity (Wildman–Crippen MR) is 149 cm³/mol. The third-order valence-corrected chi connectivity index (χ3v) is 8.47. The lowest BCUT2D eigenvalue weighted by molar-refractivity contribution is -0.302. The number of aromatic nitrogens is 1. The van der Waals surface area contributed by atoms with Crippen molar-refractivity contribution in [2.24, 2.45) is 5.92 Å². The van der Waals surface area contributed by atoms with Crippen LogP contribution in [0.15, 0.2) is 31.0 Å². The van der Waals surface area contributed by atoms with Gasteiger partial charge in [-0.3, -0.25) is 4.79 Å². The lowest BCUT2D eigenvalue weighted by Gasteiger charge is -2.40. The first-order valence-electron chi connectivity index (χ1n) is 13.7. The van der Waals surface area contributed by atoms with Gasteiger partial charge in [0, 0.05) is 29.7 Å². The van der Waals surface area contributed by atoms with Crippen molar-refractivity contribution in [3.05, 3.63) is 42.1 Å². The summed E-state index contributed by atoms with van der Waals surface area (Å²) in [6.07, 6.45) is -1.75. The van der Waals surface area contributed by atoms with Crippen LogP contribution in [0.25, 0.3) is 10.9 Å². The Labute approximate surface area is 229 Å². The number of nitrogens with one attached hydrogen (secondary N) is 2. The van der Waals surface area contributed by atoms with E-state index in [0.717, 1.165) is 34.1 Å². The fourth-order valence-corrected chi connectivity index (χ4v) is 5.71. The highest BCUT2D eigenvalue weighted by atomic mass is 16.7. The summed E-state index contributed by atoms with van der Waals surface area (Å²) in [6, 6.07) is 3.26. The van der Waals surface area contributed by atoms with Crippen molar-refractivity contribution >= 4 is 22.5 Å². The number of carbonyl (C=O) groups is 1. The number of carbonyl (C=O) groups excluding carboxylic acids is 1. The lowest BCUT2D eigenvalue weighted by Crippen LogP contribution is -2.60. The van der Waals surface area contributed by atoms with Crippen molar-refractivity contribution < 1.29 is 34.7 Å². The monoisotopic (exact) mass is 545 g/mol. The molecule has 0 bridgehead atoms. The lowest BCUT2D eigenvalue weighted by atomic mass is 9.83. The van der Waals surface area contributed by atoms with Gasteiger partial charge in [0.15, 0.2) is 6.29 Å². The largest absolute Gasteiger partial charge is 0.394 e. The van der Waals surface area contributed by atoms with Gasteiger partial charge in [0.2, 0.25) is 5.91 Å². The van der Waals surface area contributed by atoms with Crippen molar-refractivity contribution in [2.45, 2.75) is 88.7 Å². The van der Waals surface area contributed by atoms with Crippen molar-refractivity contribution in [3.63, 3.8) is 0 Å². The molecule has 4 rings (SSSR count). The molecule has 1 aromatic carbocycles. The fourth-order valence-electron chi connectivity index (χ4n) is 5.71. The van der Waals surface area contributed by atoms with Gasteiger partial charge in [-0.05, 0) is 29.5 Å². The van der Waals surface area contributed by atoms with Crippen molar-refractivity contribution in [1.29, 1.82) is 0 Å². The Bertz CT molecular complexity index is 1180. The van der Waals surface area contributed by atoms with E-state index in [9.17, 15) is 25.2 Å². The molecule has 10 heteroatoms. The van der Waals surface area contributed by atoms with Crippen LogP contribution in [0, 0.1) is 5.92 Å². The van der Waals surface area contributed by atoms with Gasteiger partial charge >= 0.3 is 0 Å². The molecule has 2 aromatic rings. The second-order valence-corrected chi connectivity index (χ2v) is 11.5. The van der Waals surface area contributed by atoms with Crippen LogP contribution in [0.1, 0.15) is 45.2 Å². The summed E-state index contributed by atoms with van der Waals surface area (Å²) in [4.78, 5) is 19.2. The van der Waals surface area contributed by atoms with Gasteiger partial charge in [-0.1, -0.05) is 46.3 Å². The Balaban J connectivity index is 1.72. The zero-order chi connectivity index (χ0) is 28.6. The summed E-state index contributed by atoms with van der Waals surface area (Å²) in [5, 5.41) is 44.4. The van der Waals surface area contributed by atoms with Crippen LogP contribution < -0.4 is 10.2 Å². The molecule has 39 heavy (non-hydrogen) atoms. The van der Waals surface area contributed by atoms with Crippen LogP contribution in [-0.2, 0) is 26.1 Å². The fraction of sp³-hybridized carbons (Fsp3) is 0.621. The maximum atomic E-state index is 13.7. The molecule has 1 saturated heterocycles. The minimum atomic E-state index is -1.54. The molecule has 1 fully saturated rings. The standard InChI is InChI=1S/C29H43N3O7/c1-7-15(3)23-27(37)31-17(14-38-28-26(36)25(35)24(34)20(13-33)39-28)11-16-12-30-22-18(29(4,5)8-2)9-10-19(21(16)22)32(23)6/h8-10,12,15,17,20,23-26,28,30,33-36H,2,7,11,13-14H2,1,3-6H3,(H,31,37)/t15-,17-,20+,23-,24+,25-,26+,28-/m0/s1. The van der Waals surface area contributed by atoms with Crippen LogP contribution in [0.2, 0.25) is 0 Å². The van der Waals surface area contributed by atoms with E-state index in [1.165, 1.54) is 0 Å². The number of allylic oxidation sites excluding steroid dienone is 1. The molecular weight excluding hydrogens is 502 g/mol. The number of benzene rings is 1. The van der Waals surface area contributed by atoms with Crippen molar-refractivity contribution in [1.82, 2.24) is 10.3 Å². The normalized spacial score (nSPS) is 30.8. The SMILES string of the molecule is C=CC(C)(C)c1ccc2c3c(c[nH]c13)C[C@@H](CO[C@H]1O[C@H](CO)[C@@H](O)[C@H](O)[C@H]1O)NC(=O)[C@H]([C@@H](C)CC)N2C. The number of hydrogen-bond acceptors (Lipinski definition) is 8. The van der Waals surface area contributed by atoms with Gasteiger partial charge in [-0.25, -0.2) is 0 Å². The average Bonchev–Trinajstić information content (AvgIpc) is 3.34. The molecule has 6 N–H and O–H groups in total. The molecule has 8 atom stereocenters. The van der Waals surface area contributed by atoms with E-state index in [4.69, 9.17) is 9.47 Å². The molecule has 216 valence electrons. The summed E-state index contributed by atoms with van der Waals surface area (Å²) in [5.41, 5.74) is 3.77. The Morgan fingerprint density at radius 1 is 1.26 bits per heavy atom. The molecule has 2 aliphatic rings. The zero-order valence-electron chi connectivity index (χ0n) is 23.4. The topological polar surface area (TPSA) is 148 Å². The quantitative estimate of drug-likeness (QED) is 0.273. The maximum Gasteiger partial charge on any atom is 0.243 e. The second-order valence-electron chi connectivity index (χ2n) is 11.5. The van der Waals surface area contributed by atoms with E-state index < -0.39 is 49.4 Å². The smallest absolute Gasteiger partial charge is 0.243 e. The summed E-state index contributed by atoms with van der Waals surface area (Å²) in [6.45, 7) is 11.8. The van der Waals surface area contributed by atoms with E-state index in [0.29, 0.717) is 6.42 Å². The maximum absolute atomic E-state index is 13.7. The zero-order valence-corrected chi connectivity index (χ0v) is 23.4. The van der Waals surface area contributed by atoms with E-state index >= 15 is 0 Å². The Kier molecular flexibility index (Phi) is 8.75. The van der Waals surface area contributed by atoms with Gasteiger partial charge < -0.3 is 45.1 Å². The minimum absolute atomic E-state index is 0.0226. The highest BCUT2D eigenvalue weighted by Gasteiger charge is 2.44. The summed E-state index contributed by atoms with van der Waals surface area (Å²) >= 11 is 0. The molecular formula is C29H43N3O7. The molecule has 0 radical (unpaired) electrons. The molecule has 1 amide bonds. The molecule has 2 aliphatic heterocycles. The number of anilines is 1. The van der Waals surface area contributed by atoms with E-state index in [-0.39, 0.29) is 23.8 Å². The van der Waals surface area contributed by atoms with Gasteiger partial charge in [0.05, 0.1) is 24.8 Å². The predicted octanol–water partition coefficient (Wildman–Crippen LogP) is 1.34. The molecule has 1 aromatic heterocycles. The number of aromatic amines is 1. The first-order chi connectivity index (χ1) is 18.4. The van der Waals surface area contributed by atoms with E-state index in [1.807, 2.05) is 19.3 Å². The Morgan fingerprint density at radius 2 is 1.97 bits per heavy atom. The van der Waals surface area contributed by atoms with Crippen LogP contribution in [-0.4, -0.2) is 94.4 Å². The average molecular weight is 546 g/mol. The number of hydrogen-bond donors (Lipinski definition) is 6. The van der Waals surface area contributed by atoms with Crippen LogP contribution in [0.4, 0.5) is 5.69 Å². The first-order valence-corrected chi connectivity index (χ1v) is 13.7. The molecule has 0 unspecified atom stereocenters. The van der Waals surface area contributed by atoms with Crippen LogP contribution >= 0.6 is 0 Å². The minimum Gasteiger partial charge on any atom is -0.394 e. The second kappa shape index (κ2) is 11.6. The Morgan fingerprint density at radius 3 is 2.62 bits per heavy atom. The van der Waals surface area contributed by atoms with Crippen LogP contribution in [0.5, 0.6) is 0 Å². The molecule has 0 spiro atoms. The number of likely N-dealkylation sites (N-methyl/N-ethyl adjacent to an activating group) is 1. The number of aliphatic hydroxyl groups is 4. The van der Waals surface area contributed by atoms with Gasteiger partial charge in [0.25, 0.3) is 0 Å². The Hall–Kier alpha value is -2.47. The van der Waals surface area contributed by atoms with E-state index in [2.05, 4.69) is 61.6 Å². The van der Waals surface area contributed by atoms with Gasteiger partial charge in [-0.2, -0.15) is 0 Å². The van der Waals surface area contributed by atoms with Crippen LogP contribution in [0.3, 0.4) is 0 Å². The number of ether oxygens (including phenoxy) is 2. The number of aliphatic hydroxyl groups excluding tert-OH is 4. The number of nitrogens with zero attached hydrogens (tertiary/aromatic N) is 1. The highest BCUT2D eigenvalue weighted by molar-refractivity contribution is 6.00. The van der Waals surface area contributed by atoms with E-state index in [1.54, 1.807) is 0 Å². The summed E-state index contributed by atoms with van der Waals surface area (Å²) in [7, 11) is 1.95. The summed E-state index contributed by atoms with van der Waals surface area (Å²) in [5.74, 6) is -0.0751. The number of amides is 1. The molecule has 10 nitrogen and oxygen atoms in total. The highest BCUT2D eigenvalue weighted by Crippen LogP contribution is 2.39. The first kappa shape index (κ1) is 29.5.